The quantitative estimate of drug-likeness (QED) is 0.510. The smallest absolute Gasteiger partial charge is 0.273 e. The Morgan fingerprint density at radius 3 is 2.82 bits per heavy atom. The maximum atomic E-state index is 11.7. The second-order valence-corrected chi connectivity index (χ2v) is 3.88. The number of hydrogen-bond donors (Lipinski definition) is 1. The molecule has 0 saturated carbocycles. The third-order valence-electron chi connectivity index (χ3n) is 2.02. The van der Waals surface area contributed by atoms with Crippen molar-refractivity contribution in [3.63, 3.8) is 0 Å². The molecule has 0 aliphatic heterocycles. The molecule has 0 radical (unpaired) electrons. The van der Waals surface area contributed by atoms with Gasteiger partial charge in [-0.25, -0.2) is 0 Å². The molecule has 0 aliphatic carbocycles. The van der Waals surface area contributed by atoms with Crippen LogP contribution in [0.25, 0.3) is 0 Å². The van der Waals surface area contributed by atoms with Crippen LogP contribution in [0.4, 0.5) is 5.69 Å². The van der Waals surface area contributed by atoms with E-state index in [0.717, 1.165) is 0 Å². The van der Waals surface area contributed by atoms with E-state index in [4.69, 9.17) is 4.74 Å². The van der Waals surface area contributed by atoms with Gasteiger partial charge in [-0.15, -0.1) is 0 Å². The molecular weight excluding hydrogens is 292 g/mol. The van der Waals surface area contributed by atoms with E-state index in [0.29, 0.717) is 11.9 Å². The Kier molecular flexibility index (Phi) is 4.89. The van der Waals surface area contributed by atoms with Crippen molar-refractivity contribution in [3.8, 4) is 5.75 Å². The molecule has 92 valence electrons. The zero-order valence-corrected chi connectivity index (χ0v) is 10.7. The van der Waals surface area contributed by atoms with Gasteiger partial charge in [0.25, 0.3) is 11.6 Å². The largest absolute Gasteiger partial charge is 0.496 e. The van der Waals surface area contributed by atoms with Crippen LogP contribution in [0.3, 0.4) is 0 Å². The summed E-state index contributed by atoms with van der Waals surface area (Å²) in [5, 5.41) is 13.8. The molecule has 0 spiro atoms. The fraction of sp³-hybridized carbons (Fsp3) is 0.300. The first-order valence-electron chi connectivity index (χ1n) is 4.76. The molecule has 1 amide bonds. The van der Waals surface area contributed by atoms with Crippen molar-refractivity contribution in [2.24, 2.45) is 0 Å². The summed E-state index contributed by atoms with van der Waals surface area (Å²) in [4.78, 5) is 21.7. The molecule has 17 heavy (non-hydrogen) atoms. The number of benzene rings is 1. The monoisotopic (exact) mass is 302 g/mol. The van der Waals surface area contributed by atoms with E-state index >= 15 is 0 Å². The van der Waals surface area contributed by atoms with Crippen molar-refractivity contribution in [1.82, 2.24) is 5.32 Å². The SMILES string of the molecule is COc1cc([N+](=O)[O-])ccc1C(=O)NCCBr. The highest BCUT2D eigenvalue weighted by atomic mass is 79.9. The summed E-state index contributed by atoms with van der Waals surface area (Å²) >= 11 is 3.18. The molecule has 1 rings (SSSR count). The highest BCUT2D eigenvalue weighted by Crippen LogP contribution is 2.24. The number of carbonyl (C=O) groups excluding carboxylic acids is 1. The number of rotatable bonds is 5. The molecule has 0 aromatic heterocycles. The predicted molar refractivity (Wildman–Crippen MR) is 65.8 cm³/mol. The number of alkyl halides is 1. The number of hydrogen-bond acceptors (Lipinski definition) is 4. The molecule has 0 saturated heterocycles. The Morgan fingerprint density at radius 1 is 1.59 bits per heavy atom. The highest BCUT2D eigenvalue weighted by molar-refractivity contribution is 9.09. The van der Waals surface area contributed by atoms with Crippen LogP contribution in [0, 0.1) is 10.1 Å². The number of nitrogens with one attached hydrogen (secondary N) is 1. The van der Waals surface area contributed by atoms with E-state index in [-0.39, 0.29) is 22.9 Å². The van der Waals surface area contributed by atoms with Crippen molar-refractivity contribution < 1.29 is 14.5 Å². The van der Waals surface area contributed by atoms with Gasteiger partial charge in [0.1, 0.15) is 5.75 Å². The first-order chi connectivity index (χ1) is 8.10. The van der Waals surface area contributed by atoms with Gasteiger partial charge in [-0.3, -0.25) is 14.9 Å². The number of nitro groups is 1. The van der Waals surface area contributed by atoms with Crippen LogP contribution < -0.4 is 10.1 Å². The van der Waals surface area contributed by atoms with Crippen molar-refractivity contribution in [2.45, 2.75) is 0 Å². The van der Waals surface area contributed by atoms with Crippen LogP contribution in [0.15, 0.2) is 18.2 Å². The summed E-state index contributed by atoms with van der Waals surface area (Å²) in [6.07, 6.45) is 0. The van der Waals surface area contributed by atoms with E-state index in [9.17, 15) is 14.9 Å². The zero-order valence-electron chi connectivity index (χ0n) is 9.10. The molecule has 1 N–H and O–H groups in total. The van der Waals surface area contributed by atoms with Gasteiger partial charge in [0.05, 0.1) is 23.7 Å². The molecule has 0 atom stereocenters. The van der Waals surface area contributed by atoms with E-state index in [1.807, 2.05) is 0 Å². The van der Waals surface area contributed by atoms with Crippen LogP contribution in [-0.2, 0) is 0 Å². The lowest BCUT2D eigenvalue weighted by atomic mass is 10.1. The van der Waals surface area contributed by atoms with Gasteiger partial charge in [0.2, 0.25) is 0 Å². The third-order valence-corrected chi connectivity index (χ3v) is 2.42. The molecule has 6 nitrogen and oxygen atoms in total. The fourth-order valence-electron chi connectivity index (χ4n) is 1.24. The molecule has 0 bridgehead atoms. The number of halogens is 1. The summed E-state index contributed by atoms with van der Waals surface area (Å²) in [5.41, 5.74) is 0.165. The fourth-order valence-corrected chi connectivity index (χ4v) is 1.44. The number of nitrogens with zero attached hydrogens (tertiary/aromatic N) is 1. The minimum absolute atomic E-state index is 0.112. The van der Waals surface area contributed by atoms with Crippen LogP contribution in [0.1, 0.15) is 10.4 Å². The number of nitro benzene ring substituents is 1. The summed E-state index contributed by atoms with van der Waals surface area (Å²) in [6.45, 7) is 0.471. The maximum absolute atomic E-state index is 11.7. The lowest BCUT2D eigenvalue weighted by Crippen LogP contribution is -2.25. The van der Waals surface area contributed by atoms with Gasteiger partial charge < -0.3 is 10.1 Å². The standard InChI is InChI=1S/C10H11BrN2O4/c1-17-9-6-7(13(15)16)2-3-8(9)10(14)12-5-4-11/h2-3,6H,4-5H2,1H3,(H,12,14). The second kappa shape index (κ2) is 6.19. The number of amides is 1. The van der Waals surface area contributed by atoms with Gasteiger partial charge in [0.15, 0.2) is 0 Å². The molecule has 1 aromatic rings. The number of ether oxygens (including phenoxy) is 1. The normalized spacial score (nSPS) is 9.76. The molecule has 0 aliphatic rings. The number of non-ortho nitro benzene ring substituents is 1. The third kappa shape index (κ3) is 3.42. The molecule has 0 unspecified atom stereocenters. The Hall–Kier alpha value is -1.63. The molecule has 7 heteroatoms. The summed E-state index contributed by atoms with van der Waals surface area (Å²) in [7, 11) is 1.36. The van der Waals surface area contributed by atoms with Gasteiger partial charge >= 0.3 is 0 Å². The van der Waals surface area contributed by atoms with Crippen LogP contribution >= 0.6 is 15.9 Å². The zero-order chi connectivity index (χ0) is 12.8. The Morgan fingerprint density at radius 2 is 2.29 bits per heavy atom. The first-order valence-corrected chi connectivity index (χ1v) is 5.89. The second-order valence-electron chi connectivity index (χ2n) is 3.09. The van der Waals surface area contributed by atoms with E-state index in [1.54, 1.807) is 0 Å². The van der Waals surface area contributed by atoms with E-state index < -0.39 is 4.92 Å². The summed E-state index contributed by atoms with van der Waals surface area (Å²) in [5.74, 6) is -0.137. The predicted octanol–water partition coefficient (Wildman–Crippen LogP) is 1.73. The molecular formula is C10H11BrN2O4. The van der Waals surface area contributed by atoms with Gasteiger partial charge in [0, 0.05) is 17.9 Å². The average molecular weight is 303 g/mol. The molecule has 0 fully saturated rings. The molecule has 0 heterocycles. The van der Waals surface area contributed by atoms with Gasteiger partial charge in [-0.05, 0) is 6.07 Å². The summed E-state index contributed by atoms with van der Waals surface area (Å²) in [6, 6.07) is 3.87. The molecule has 1 aromatic carbocycles. The van der Waals surface area contributed by atoms with Crippen molar-refractivity contribution >= 4 is 27.5 Å². The Balaban J connectivity index is 3.00. The van der Waals surface area contributed by atoms with Gasteiger partial charge in [-0.1, -0.05) is 15.9 Å². The van der Waals surface area contributed by atoms with E-state index in [1.165, 1.54) is 25.3 Å². The minimum Gasteiger partial charge on any atom is -0.496 e. The average Bonchev–Trinajstić information content (AvgIpc) is 2.34. The summed E-state index contributed by atoms with van der Waals surface area (Å²) < 4.78 is 4.96. The van der Waals surface area contributed by atoms with Crippen molar-refractivity contribution in [1.29, 1.82) is 0 Å². The topological polar surface area (TPSA) is 81.5 Å². The number of methoxy groups -OCH3 is 1. The van der Waals surface area contributed by atoms with Gasteiger partial charge in [-0.2, -0.15) is 0 Å². The Bertz CT molecular complexity index is 436. The minimum atomic E-state index is -0.539. The van der Waals surface area contributed by atoms with E-state index in [2.05, 4.69) is 21.2 Å². The highest BCUT2D eigenvalue weighted by Gasteiger charge is 2.16. The van der Waals surface area contributed by atoms with Crippen LogP contribution in [0.5, 0.6) is 5.75 Å². The lowest BCUT2D eigenvalue weighted by molar-refractivity contribution is -0.384. The van der Waals surface area contributed by atoms with Crippen molar-refractivity contribution in [3.05, 3.63) is 33.9 Å². The lowest BCUT2D eigenvalue weighted by Gasteiger charge is -2.08. The van der Waals surface area contributed by atoms with Crippen LogP contribution in [-0.4, -0.2) is 29.8 Å². The number of carbonyl (C=O) groups is 1. The van der Waals surface area contributed by atoms with Crippen molar-refractivity contribution in [2.75, 3.05) is 19.0 Å². The first kappa shape index (κ1) is 13.4. The van der Waals surface area contributed by atoms with Crippen LogP contribution in [0.2, 0.25) is 0 Å². The Labute approximate surface area is 106 Å². The maximum Gasteiger partial charge on any atom is 0.273 e.